The van der Waals surface area contributed by atoms with E-state index in [1.54, 1.807) is 6.20 Å². The second kappa shape index (κ2) is 9.21. The summed E-state index contributed by atoms with van der Waals surface area (Å²) in [6.07, 6.45) is 1.73. The molecule has 6 nitrogen and oxygen atoms in total. The zero-order valence-corrected chi connectivity index (χ0v) is 16.1. The van der Waals surface area contributed by atoms with E-state index in [9.17, 15) is 4.79 Å². The van der Waals surface area contributed by atoms with Gasteiger partial charge in [0.2, 0.25) is 0 Å². The Morgan fingerprint density at radius 1 is 1.00 bits per heavy atom. The number of hydrogen-bond donors (Lipinski definition) is 1. The number of benzene rings is 2. The van der Waals surface area contributed by atoms with E-state index < -0.39 is 0 Å². The Bertz CT molecular complexity index is 939. The zero-order chi connectivity index (χ0) is 19.9. The monoisotopic (exact) mass is 389 g/mol. The van der Waals surface area contributed by atoms with E-state index in [0.717, 1.165) is 37.7 Å². The average Bonchev–Trinajstić information content (AvgIpc) is 2.80. The number of anilines is 2. The van der Waals surface area contributed by atoms with Crippen molar-refractivity contribution >= 4 is 17.3 Å². The topological polar surface area (TPSA) is 63.7 Å². The molecule has 4 rings (SSSR count). The van der Waals surface area contributed by atoms with Crippen molar-refractivity contribution in [2.75, 3.05) is 36.5 Å². The molecule has 1 N–H and O–H groups in total. The minimum absolute atomic E-state index is 0.174. The Labute approximate surface area is 170 Å². The van der Waals surface area contributed by atoms with Crippen molar-refractivity contribution < 1.29 is 14.3 Å². The number of pyridine rings is 1. The van der Waals surface area contributed by atoms with Crippen LogP contribution in [-0.4, -0.2) is 37.2 Å². The minimum atomic E-state index is -0.174. The van der Waals surface area contributed by atoms with Crippen molar-refractivity contribution in [1.82, 2.24) is 4.98 Å². The van der Waals surface area contributed by atoms with E-state index in [1.807, 2.05) is 66.7 Å². The molecule has 0 saturated carbocycles. The standard InChI is InChI=1S/C23H23N3O3/c27-23(18-8-10-20(11-9-18)26-13-15-28-16-14-26)25-21-6-1-2-7-22(21)29-17-19-5-3-4-12-24-19/h1-12H,13-17H2,(H,25,27). The van der Waals surface area contributed by atoms with E-state index in [4.69, 9.17) is 9.47 Å². The number of hydrogen-bond acceptors (Lipinski definition) is 5. The number of nitrogens with zero attached hydrogens (tertiary/aromatic N) is 2. The van der Waals surface area contributed by atoms with Crippen molar-refractivity contribution in [2.45, 2.75) is 6.61 Å². The molecule has 0 atom stereocenters. The lowest BCUT2D eigenvalue weighted by molar-refractivity contribution is 0.102. The van der Waals surface area contributed by atoms with Crippen molar-refractivity contribution in [1.29, 1.82) is 0 Å². The van der Waals surface area contributed by atoms with Gasteiger partial charge in [-0.15, -0.1) is 0 Å². The number of ether oxygens (including phenoxy) is 2. The third-order valence-corrected chi connectivity index (χ3v) is 4.74. The zero-order valence-electron chi connectivity index (χ0n) is 16.1. The molecule has 6 heteroatoms. The maximum absolute atomic E-state index is 12.7. The molecule has 1 aromatic heterocycles. The predicted octanol–water partition coefficient (Wildman–Crippen LogP) is 3.75. The Morgan fingerprint density at radius 2 is 1.76 bits per heavy atom. The molecule has 0 bridgehead atoms. The van der Waals surface area contributed by atoms with Gasteiger partial charge in [0, 0.05) is 30.5 Å². The predicted molar refractivity (Wildman–Crippen MR) is 112 cm³/mol. The summed E-state index contributed by atoms with van der Waals surface area (Å²) in [4.78, 5) is 19.2. The number of aromatic nitrogens is 1. The first kappa shape index (κ1) is 19.0. The molecule has 0 unspecified atom stereocenters. The van der Waals surface area contributed by atoms with Gasteiger partial charge in [-0.25, -0.2) is 0 Å². The van der Waals surface area contributed by atoms with Crippen molar-refractivity contribution in [3.8, 4) is 5.75 Å². The van der Waals surface area contributed by atoms with E-state index >= 15 is 0 Å². The highest BCUT2D eigenvalue weighted by Crippen LogP contribution is 2.25. The summed E-state index contributed by atoms with van der Waals surface area (Å²) in [6.45, 7) is 3.54. The third kappa shape index (κ3) is 4.92. The molecule has 2 heterocycles. The average molecular weight is 389 g/mol. The Hall–Kier alpha value is -3.38. The van der Waals surface area contributed by atoms with Gasteiger partial charge in [0.25, 0.3) is 5.91 Å². The van der Waals surface area contributed by atoms with Crippen LogP contribution in [0.4, 0.5) is 11.4 Å². The molecule has 1 amide bonds. The van der Waals surface area contributed by atoms with Gasteiger partial charge in [0.1, 0.15) is 12.4 Å². The second-order valence-corrected chi connectivity index (χ2v) is 6.71. The van der Waals surface area contributed by atoms with Gasteiger partial charge in [-0.05, 0) is 48.5 Å². The summed E-state index contributed by atoms with van der Waals surface area (Å²) in [7, 11) is 0. The highest BCUT2D eigenvalue weighted by molar-refractivity contribution is 6.05. The van der Waals surface area contributed by atoms with Crippen LogP contribution < -0.4 is 15.0 Å². The fourth-order valence-corrected chi connectivity index (χ4v) is 3.17. The van der Waals surface area contributed by atoms with Gasteiger partial charge < -0.3 is 19.7 Å². The van der Waals surface area contributed by atoms with Crippen molar-refractivity contribution in [2.24, 2.45) is 0 Å². The Morgan fingerprint density at radius 3 is 2.52 bits per heavy atom. The Balaban J connectivity index is 1.41. The molecule has 1 aliphatic rings. The Kier molecular flexibility index (Phi) is 6.02. The molecule has 1 saturated heterocycles. The van der Waals surface area contributed by atoms with Crippen molar-refractivity contribution in [3.05, 3.63) is 84.2 Å². The van der Waals surface area contributed by atoms with Gasteiger partial charge in [-0.2, -0.15) is 0 Å². The fourth-order valence-electron chi connectivity index (χ4n) is 3.17. The molecule has 1 aliphatic heterocycles. The molecule has 2 aromatic carbocycles. The molecular weight excluding hydrogens is 366 g/mol. The van der Waals surface area contributed by atoms with E-state index in [1.165, 1.54) is 0 Å². The van der Waals surface area contributed by atoms with E-state index in [0.29, 0.717) is 23.6 Å². The van der Waals surface area contributed by atoms with Crippen LogP contribution in [0.3, 0.4) is 0 Å². The highest BCUT2D eigenvalue weighted by Gasteiger charge is 2.13. The number of nitrogens with one attached hydrogen (secondary N) is 1. The normalized spacial score (nSPS) is 13.7. The van der Waals surface area contributed by atoms with Crippen LogP contribution in [0.15, 0.2) is 72.9 Å². The van der Waals surface area contributed by atoms with Gasteiger partial charge in [-0.1, -0.05) is 18.2 Å². The summed E-state index contributed by atoms with van der Waals surface area (Å²) in [5.74, 6) is 0.434. The summed E-state index contributed by atoms with van der Waals surface area (Å²) < 4.78 is 11.2. The van der Waals surface area contributed by atoms with Crippen LogP contribution in [-0.2, 0) is 11.3 Å². The lowest BCUT2D eigenvalue weighted by atomic mass is 10.1. The molecule has 0 spiro atoms. The SMILES string of the molecule is O=C(Nc1ccccc1OCc1ccccn1)c1ccc(N2CCOCC2)cc1. The highest BCUT2D eigenvalue weighted by atomic mass is 16.5. The number of carbonyl (C=O) groups excluding carboxylic acids is 1. The molecule has 0 aliphatic carbocycles. The lowest BCUT2D eigenvalue weighted by Gasteiger charge is -2.28. The molecule has 148 valence electrons. The second-order valence-electron chi connectivity index (χ2n) is 6.71. The molecular formula is C23H23N3O3. The van der Waals surface area contributed by atoms with Crippen LogP contribution in [0.1, 0.15) is 16.1 Å². The first-order valence-corrected chi connectivity index (χ1v) is 9.65. The van der Waals surface area contributed by atoms with Gasteiger partial charge in [-0.3, -0.25) is 9.78 Å². The smallest absolute Gasteiger partial charge is 0.255 e. The molecule has 29 heavy (non-hydrogen) atoms. The van der Waals surface area contributed by atoms with Crippen LogP contribution in [0, 0.1) is 0 Å². The first-order valence-electron chi connectivity index (χ1n) is 9.65. The summed E-state index contributed by atoms with van der Waals surface area (Å²) in [5, 5.41) is 2.94. The van der Waals surface area contributed by atoms with Crippen LogP contribution in [0.2, 0.25) is 0 Å². The maximum Gasteiger partial charge on any atom is 0.255 e. The number of rotatable bonds is 6. The molecule has 3 aromatic rings. The third-order valence-electron chi connectivity index (χ3n) is 4.74. The van der Waals surface area contributed by atoms with Gasteiger partial charge in [0.05, 0.1) is 24.6 Å². The maximum atomic E-state index is 12.7. The summed E-state index contributed by atoms with van der Waals surface area (Å²) in [6, 6.07) is 20.7. The minimum Gasteiger partial charge on any atom is -0.485 e. The van der Waals surface area contributed by atoms with Crippen molar-refractivity contribution in [3.63, 3.8) is 0 Å². The fraction of sp³-hybridized carbons (Fsp3) is 0.217. The lowest BCUT2D eigenvalue weighted by Crippen LogP contribution is -2.36. The number of amides is 1. The number of carbonyl (C=O) groups is 1. The van der Waals surface area contributed by atoms with Crippen LogP contribution in [0.25, 0.3) is 0 Å². The van der Waals surface area contributed by atoms with Gasteiger partial charge >= 0.3 is 0 Å². The van der Waals surface area contributed by atoms with Crippen LogP contribution in [0.5, 0.6) is 5.75 Å². The van der Waals surface area contributed by atoms with E-state index in [2.05, 4.69) is 15.2 Å². The molecule has 1 fully saturated rings. The first-order chi connectivity index (χ1) is 14.3. The largest absolute Gasteiger partial charge is 0.485 e. The van der Waals surface area contributed by atoms with Gasteiger partial charge in [0.15, 0.2) is 0 Å². The molecule has 0 radical (unpaired) electrons. The number of para-hydroxylation sites is 2. The summed E-state index contributed by atoms with van der Waals surface area (Å²) in [5.41, 5.74) is 3.16. The quantitative estimate of drug-likeness (QED) is 0.696. The van der Waals surface area contributed by atoms with Crippen LogP contribution >= 0.6 is 0 Å². The number of morpholine rings is 1. The summed E-state index contributed by atoms with van der Waals surface area (Å²) >= 11 is 0. The van der Waals surface area contributed by atoms with E-state index in [-0.39, 0.29) is 5.91 Å².